The van der Waals surface area contributed by atoms with Gasteiger partial charge in [0.25, 0.3) is 0 Å². The molecule has 2 aliphatic carbocycles. The van der Waals surface area contributed by atoms with Crippen molar-refractivity contribution in [2.75, 3.05) is 0 Å². The van der Waals surface area contributed by atoms with Gasteiger partial charge in [0.2, 0.25) is 0 Å². The van der Waals surface area contributed by atoms with E-state index < -0.39 is 8.07 Å². The molecule has 166 valence electrons. The van der Waals surface area contributed by atoms with E-state index in [9.17, 15) is 0 Å². The first-order chi connectivity index (χ1) is 12.7. The molecule has 0 amide bonds. The Morgan fingerprint density at radius 2 is 0.690 bits per heavy atom. The van der Waals surface area contributed by atoms with Gasteiger partial charge < -0.3 is 4.65 Å². The zero-order valence-electron chi connectivity index (χ0n) is 22.3. The van der Waals surface area contributed by atoms with Gasteiger partial charge >= 0.3 is 35.6 Å². The molecule has 0 bridgehead atoms. The minimum Gasteiger partial charge on any atom is -0.673 e. The van der Waals surface area contributed by atoms with Gasteiger partial charge in [-0.3, -0.25) is 0 Å². The van der Waals surface area contributed by atoms with Crippen molar-refractivity contribution >= 4 is 26.0 Å². The maximum absolute atomic E-state index is 4.48. The summed E-state index contributed by atoms with van der Waals surface area (Å²) in [4.78, 5) is 0. The molecule has 2 rings (SSSR count). The van der Waals surface area contributed by atoms with Crippen LogP contribution in [0.4, 0.5) is 0 Å². The fourth-order valence-electron chi connectivity index (χ4n) is 7.56. The van der Waals surface area contributed by atoms with Crippen molar-refractivity contribution in [3.63, 3.8) is 0 Å². The molecule has 5 heteroatoms. The number of hydrogen-bond donors (Lipinski definition) is 0. The van der Waals surface area contributed by atoms with E-state index in [0.29, 0.717) is 0 Å². The Morgan fingerprint density at radius 3 is 0.828 bits per heavy atom. The smallest absolute Gasteiger partial charge is 0.673 e. The Labute approximate surface area is 217 Å². The first-order valence-electron chi connectivity index (χ1n) is 12.0. The molecule has 2 saturated carbocycles. The molecule has 0 saturated heterocycles. The Balaban J connectivity index is 0.000000846. The van der Waals surface area contributed by atoms with Gasteiger partial charge in [-0.15, -0.1) is 0 Å². The average Bonchev–Trinajstić information content (AvgIpc) is 2.87. The monoisotopic (exact) mass is 577 g/mol. The minimum atomic E-state index is -1.26. The van der Waals surface area contributed by atoms with E-state index in [0.717, 1.165) is 58.4 Å². The molecule has 0 aromatic rings. The molecule has 8 atom stereocenters. The SMILES string of the molecule is CC1C(C)C(C)C([Si](C)(C)C2C(C)C(C)C(C)C2C)C1C.C[Si](C)[N-][Si](C)C.[La+3]. The van der Waals surface area contributed by atoms with Crippen LogP contribution in [0.15, 0.2) is 0 Å². The van der Waals surface area contributed by atoms with Crippen molar-refractivity contribution in [2.24, 2.45) is 47.3 Å². The predicted molar refractivity (Wildman–Crippen MR) is 137 cm³/mol. The first-order valence-corrected chi connectivity index (χ1v) is 20.0. The number of nitrogens with zero attached hydrogens (tertiary/aromatic N) is 1. The summed E-state index contributed by atoms with van der Waals surface area (Å²) < 4.78 is 4.48. The van der Waals surface area contributed by atoms with Gasteiger partial charge in [-0.05, 0) is 58.4 Å². The van der Waals surface area contributed by atoms with Gasteiger partial charge in [0, 0.05) is 0 Å². The Kier molecular flexibility index (Phi) is 13.1. The quantitative estimate of drug-likeness (QED) is 0.298. The van der Waals surface area contributed by atoms with Gasteiger partial charge in [0.05, 0.1) is 8.07 Å². The second-order valence-electron chi connectivity index (χ2n) is 11.8. The van der Waals surface area contributed by atoms with Crippen LogP contribution in [0.2, 0.25) is 50.4 Å². The van der Waals surface area contributed by atoms with Gasteiger partial charge in [-0.2, -0.15) is 0 Å². The van der Waals surface area contributed by atoms with E-state index in [-0.39, 0.29) is 53.5 Å². The van der Waals surface area contributed by atoms with Crippen LogP contribution < -0.4 is 0 Å². The minimum absolute atomic E-state index is 0. The zero-order valence-corrected chi connectivity index (χ0v) is 28.9. The molecular formula is C24H52LaNSi3+2. The van der Waals surface area contributed by atoms with Gasteiger partial charge in [-0.25, -0.2) is 0 Å². The topological polar surface area (TPSA) is 14.1 Å². The molecular weight excluding hydrogens is 525 g/mol. The average molecular weight is 578 g/mol. The molecule has 8 unspecified atom stereocenters. The Morgan fingerprint density at radius 1 is 0.483 bits per heavy atom. The van der Waals surface area contributed by atoms with Crippen LogP contribution in [0, 0.1) is 82.9 Å². The molecule has 0 heterocycles. The fourth-order valence-corrected chi connectivity index (χ4v) is 18.2. The maximum atomic E-state index is 4.48. The van der Waals surface area contributed by atoms with Crippen molar-refractivity contribution in [3.8, 4) is 0 Å². The summed E-state index contributed by atoms with van der Waals surface area (Å²) in [6.45, 7) is 34.7. The Hall–Kier alpha value is 1.81. The summed E-state index contributed by atoms with van der Waals surface area (Å²) in [6, 6.07) is 0. The van der Waals surface area contributed by atoms with E-state index >= 15 is 0 Å². The number of rotatable bonds is 4. The molecule has 2 aliphatic rings. The van der Waals surface area contributed by atoms with Gasteiger partial charge in [-0.1, -0.05) is 113 Å². The summed E-state index contributed by atoms with van der Waals surface area (Å²) >= 11 is 0. The molecule has 0 aromatic carbocycles. The number of hydrogen-bond acceptors (Lipinski definition) is 0. The van der Waals surface area contributed by atoms with Crippen LogP contribution in [-0.2, 0) is 0 Å². The van der Waals surface area contributed by atoms with Crippen LogP contribution >= 0.6 is 0 Å². The van der Waals surface area contributed by atoms with Gasteiger partial charge in [0.15, 0.2) is 0 Å². The summed E-state index contributed by atoms with van der Waals surface area (Å²) in [5, 5.41) is 0. The maximum Gasteiger partial charge on any atom is 3.00 e. The van der Waals surface area contributed by atoms with Crippen molar-refractivity contribution in [1.29, 1.82) is 0 Å². The summed E-state index contributed by atoms with van der Waals surface area (Å²) in [7, 11) is -1.78. The fraction of sp³-hybridized carbons (Fsp3) is 1.00. The third kappa shape index (κ3) is 6.90. The molecule has 2 fully saturated rings. The second kappa shape index (κ2) is 12.3. The van der Waals surface area contributed by atoms with Crippen molar-refractivity contribution in [3.05, 3.63) is 4.65 Å². The van der Waals surface area contributed by atoms with E-state index in [4.69, 9.17) is 0 Å². The molecule has 0 N–H and O–H groups in total. The second-order valence-corrected chi connectivity index (χ2v) is 21.4. The molecule has 29 heavy (non-hydrogen) atoms. The van der Waals surface area contributed by atoms with E-state index in [1.165, 1.54) is 0 Å². The predicted octanol–water partition coefficient (Wildman–Crippen LogP) is 8.41. The summed E-state index contributed by atoms with van der Waals surface area (Å²) in [5.74, 6) is 7.39. The van der Waals surface area contributed by atoms with Gasteiger partial charge in [0.1, 0.15) is 0 Å². The van der Waals surface area contributed by atoms with Crippen molar-refractivity contribution in [2.45, 2.75) is 106 Å². The molecule has 0 aliphatic heterocycles. The molecule has 0 aromatic heterocycles. The third-order valence-corrected chi connectivity index (χ3v) is 18.5. The van der Waals surface area contributed by atoms with Crippen molar-refractivity contribution in [1.82, 2.24) is 0 Å². The van der Waals surface area contributed by atoms with Crippen LogP contribution in [0.3, 0.4) is 0 Å². The van der Waals surface area contributed by atoms with Crippen LogP contribution in [0.5, 0.6) is 0 Å². The van der Waals surface area contributed by atoms with Crippen LogP contribution in [0.25, 0.3) is 4.65 Å². The standard InChI is InChI=1S/C20H40Si.C4H12NSi2.La/c1-11-12(2)16(6)19(15(11)5)21(9,10)20-17(7)13(3)14(4)18(20)8;1-6(2)5-7(3)4;/h11-20H,1-10H3;1-4H3;/q;-1;+3. The van der Waals surface area contributed by atoms with Crippen LogP contribution in [0.1, 0.15) is 55.4 Å². The van der Waals surface area contributed by atoms with E-state index in [2.05, 4.69) is 99.3 Å². The van der Waals surface area contributed by atoms with Crippen LogP contribution in [-0.4, -0.2) is 26.0 Å². The summed E-state index contributed by atoms with van der Waals surface area (Å²) in [5.41, 5.74) is 2.05. The molecule has 0 spiro atoms. The summed E-state index contributed by atoms with van der Waals surface area (Å²) in [6.07, 6.45) is 0. The normalized spacial score (nSPS) is 42.6. The van der Waals surface area contributed by atoms with E-state index in [1.54, 1.807) is 0 Å². The largest absolute Gasteiger partial charge is 3.00 e. The third-order valence-electron chi connectivity index (χ3n) is 9.41. The Bertz CT molecular complexity index is 417. The first kappa shape index (κ1) is 30.8. The molecule has 1 nitrogen and oxygen atoms in total. The van der Waals surface area contributed by atoms with E-state index in [1.807, 2.05) is 0 Å². The zero-order chi connectivity index (χ0) is 22.1. The van der Waals surface area contributed by atoms with Crippen molar-refractivity contribution < 1.29 is 35.6 Å². The molecule has 2 radical (unpaired) electrons.